The fourth-order valence-electron chi connectivity index (χ4n) is 3.65. The van der Waals surface area contributed by atoms with Gasteiger partial charge in [0.1, 0.15) is 5.15 Å². The molecule has 6 nitrogen and oxygen atoms in total. The first-order valence-electron chi connectivity index (χ1n) is 9.75. The first kappa shape index (κ1) is 19.5. The quantitative estimate of drug-likeness (QED) is 0.661. The number of carbonyl (C=O) groups is 1. The van der Waals surface area contributed by atoms with E-state index in [1.807, 2.05) is 24.0 Å². The van der Waals surface area contributed by atoms with Crippen LogP contribution in [0.3, 0.4) is 0 Å². The Morgan fingerprint density at radius 3 is 2.31 bits per heavy atom. The van der Waals surface area contributed by atoms with Gasteiger partial charge >= 0.3 is 0 Å². The molecule has 3 heterocycles. The van der Waals surface area contributed by atoms with E-state index in [1.54, 1.807) is 17.1 Å². The second kappa shape index (κ2) is 8.25. The number of piperazine rings is 1. The number of carbonyl (C=O) groups excluding carboxylic acids is 1. The number of benzene rings is 1. The molecule has 7 heteroatoms. The number of halogens is 1. The van der Waals surface area contributed by atoms with Crippen LogP contribution in [-0.2, 0) is 6.54 Å². The van der Waals surface area contributed by atoms with Crippen molar-refractivity contribution in [3.63, 3.8) is 0 Å². The molecule has 0 unspecified atom stereocenters. The van der Waals surface area contributed by atoms with Crippen LogP contribution in [0.2, 0.25) is 5.15 Å². The number of rotatable bonds is 4. The summed E-state index contributed by atoms with van der Waals surface area (Å²) in [5.74, 6) is -0.0444. The van der Waals surface area contributed by atoms with Crippen LogP contribution in [0.5, 0.6) is 0 Å². The van der Waals surface area contributed by atoms with Crippen molar-refractivity contribution in [2.75, 3.05) is 31.1 Å². The molecule has 4 rings (SSSR count). The van der Waals surface area contributed by atoms with Crippen molar-refractivity contribution in [1.82, 2.24) is 19.7 Å². The van der Waals surface area contributed by atoms with E-state index >= 15 is 0 Å². The number of aryl methyl sites for hydroxylation is 2. The number of nitrogens with zero attached hydrogens (tertiary/aromatic N) is 5. The Labute approximate surface area is 175 Å². The molecular weight excluding hydrogens is 386 g/mol. The summed E-state index contributed by atoms with van der Waals surface area (Å²) in [6.45, 7) is 7.31. The zero-order valence-electron chi connectivity index (χ0n) is 16.7. The maximum Gasteiger partial charge on any atom is 0.259 e. The fraction of sp³-hybridized carbons (Fsp3) is 0.318. The Kier molecular flexibility index (Phi) is 5.53. The van der Waals surface area contributed by atoms with Crippen LogP contribution in [0.25, 0.3) is 0 Å². The van der Waals surface area contributed by atoms with Gasteiger partial charge in [0, 0.05) is 44.3 Å². The Morgan fingerprint density at radius 1 is 1.00 bits per heavy atom. The fourth-order valence-corrected chi connectivity index (χ4v) is 3.96. The number of pyridine rings is 1. The summed E-state index contributed by atoms with van der Waals surface area (Å²) in [5.41, 5.74) is 4.62. The van der Waals surface area contributed by atoms with E-state index in [-0.39, 0.29) is 5.91 Å². The highest BCUT2D eigenvalue weighted by Gasteiger charge is 2.28. The van der Waals surface area contributed by atoms with E-state index in [4.69, 9.17) is 11.6 Å². The smallest absolute Gasteiger partial charge is 0.259 e. The summed E-state index contributed by atoms with van der Waals surface area (Å²) in [4.78, 5) is 21.3. The number of hydrogen-bond donors (Lipinski definition) is 0. The Hall–Kier alpha value is -2.86. The van der Waals surface area contributed by atoms with E-state index in [0.717, 1.165) is 24.3 Å². The lowest BCUT2D eigenvalue weighted by atomic mass is 10.1. The van der Waals surface area contributed by atoms with Gasteiger partial charge in [0.25, 0.3) is 5.91 Å². The molecule has 3 aromatic rings. The van der Waals surface area contributed by atoms with Gasteiger partial charge in [0.2, 0.25) is 0 Å². The van der Waals surface area contributed by atoms with Gasteiger partial charge in [-0.3, -0.25) is 9.78 Å². The molecule has 150 valence electrons. The molecule has 0 aliphatic carbocycles. The molecular formula is C22H24ClN5O. The first-order valence-corrected chi connectivity index (χ1v) is 10.1. The summed E-state index contributed by atoms with van der Waals surface area (Å²) in [5, 5.41) is 4.93. The van der Waals surface area contributed by atoms with E-state index in [2.05, 4.69) is 46.2 Å². The van der Waals surface area contributed by atoms with Crippen molar-refractivity contribution in [3.8, 4) is 0 Å². The number of amides is 1. The second-order valence-corrected chi connectivity index (χ2v) is 7.74. The summed E-state index contributed by atoms with van der Waals surface area (Å²) in [6.07, 6.45) is 3.58. The third-order valence-electron chi connectivity index (χ3n) is 5.33. The highest BCUT2D eigenvalue weighted by Crippen LogP contribution is 2.24. The van der Waals surface area contributed by atoms with Gasteiger partial charge < -0.3 is 9.80 Å². The normalized spacial score (nSPS) is 14.3. The predicted molar refractivity (Wildman–Crippen MR) is 115 cm³/mol. The van der Waals surface area contributed by atoms with Crippen molar-refractivity contribution in [3.05, 3.63) is 76.3 Å². The number of hydrogen-bond acceptors (Lipinski definition) is 4. The summed E-state index contributed by atoms with van der Waals surface area (Å²) in [6, 6.07) is 12.2. The summed E-state index contributed by atoms with van der Waals surface area (Å²) in [7, 11) is 0. The van der Waals surface area contributed by atoms with Crippen LogP contribution in [0.1, 0.15) is 27.2 Å². The molecule has 1 fully saturated rings. The largest absolute Gasteiger partial charge is 0.368 e. The van der Waals surface area contributed by atoms with Crippen molar-refractivity contribution >= 4 is 23.2 Å². The zero-order chi connectivity index (χ0) is 20.4. The van der Waals surface area contributed by atoms with Crippen molar-refractivity contribution in [2.24, 2.45) is 0 Å². The third kappa shape index (κ3) is 4.12. The van der Waals surface area contributed by atoms with Crippen molar-refractivity contribution < 1.29 is 4.79 Å². The topological polar surface area (TPSA) is 54.3 Å². The molecule has 1 aliphatic heterocycles. The maximum atomic E-state index is 13.2. The van der Waals surface area contributed by atoms with Crippen molar-refractivity contribution in [2.45, 2.75) is 20.4 Å². The molecule has 1 amide bonds. The van der Waals surface area contributed by atoms with E-state index < -0.39 is 0 Å². The SMILES string of the molecule is Cc1ccc(Cn2nc(C)c(C(=O)N3CCN(c4ccncc4)CC3)c2Cl)cc1. The van der Waals surface area contributed by atoms with Crippen LogP contribution in [0, 0.1) is 13.8 Å². The van der Waals surface area contributed by atoms with E-state index in [1.165, 1.54) is 5.56 Å². The average molecular weight is 410 g/mol. The first-order chi connectivity index (χ1) is 14.0. The lowest BCUT2D eigenvalue weighted by Gasteiger charge is -2.36. The molecule has 0 atom stereocenters. The molecule has 0 bridgehead atoms. The van der Waals surface area contributed by atoms with Crippen molar-refractivity contribution in [1.29, 1.82) is 0 Å². The van der Waals surface area contributed by atoms with Crippen LogP contribution >= 0.6 is 11.6 Å². The lowest BCUT2D eigenvalue weighted by molar-refractivity contribution is 0.0746. The van der Waals surface area contributed by atoms with Crippen LogP contribution < -0.4 is 4.90 Å². The maximum absolute atomic E-state index is 13.2. The Bertz CT molecular complexity index is 992. The monoisotopic (exact) mass is 409 g/mol. The molecule has 2 aromatic heterocycles. The van der Waals surface area contributed by atoms with Gasteiger partial charge in [-0.2, -0.15) is 5.10 Å². The minimum absolute atomic E-state index is 0.0444. The lowest BCUT2D eigenvalue weighted by Crippen LogP contribution is -2.49. The summed E-state index contributed by atoms with van der Waals surface area (Å²) >= 11 is 6.59. The van der Waals surface area contributed by atoms with Crippen LogP contribution in [-0.4, -0.2) is 51.8 Å². The van der Waals surface area contributed by atoms with Gasteiger partial charge in [0.05, 0.1) is 17.8 Å². The Morgan fingerprint density at radius 2 is 1.66 bits per heavy atom. The third-order valence-corrected chi connectivity index (χ3v) is 5.71. The summed E-state index contributed by atoms with van der Waals surface area (Å²) < 4.78 is 1.71. The van der Waals surface area contributed by atoms with Gasteiger partial charge in [-0.25, -0.2) is 4.68 Å². The molecule has 0 N–H and O–H groups in total. The zero-order valence-corrected chi connectivity index (χ0v) is 17.4. The van der Waals surface area contributed by atoms with Gasteiger partial charge in [-0.1, -0.05) is 41.4 Å². The molecule has 29 heavy (non-hydrogen) atoms. The van der Waals surface area contributed by atoms with E-state index in [9.17, 15) is 4.79 Å². The van der Waals surface area contributed by atoms with Gasteiger partial charge in [-0.05, 0) is 31.5 Å². The molecule has 1 aromatic carbocycles. The number of aromatic nitrogens is 3. The predicted octanol–water partition coefficient (Wildman–Crippen LogP) is 3.56. The Balaban J connectivity index is 1.46. The molecule has 0 radical (unpaired) electrons. The van der Waals surface area contributed by atoms with E-state index in [0.29, 0.717) is 36.0 Å². The minimum atomic E-state index is -0.0444. The average Bonchev–Trinajstić information content (AvgIpc) is 3.03. The van der Waals surface area contributed by atoms with Gasteiger partial charge in [0.15, 0.2) is 0 Å². The minimum Gasteiger partial charge on any atom is -0.368 e. The highest BCUT2D eigenvalue weighted by atomic mass is 35.5. The second-order valence-electron chi connectivity index (χ2n) is 7.38. The molecule has 1 aliphatic rings. The molecule has 1 saturated heterocycles. The van der Waals surface area contributed by atoms with Crippen LogP contribution in [0.15, 0.2) is 48.8 Å². The van der Waals surface area contributed by atoms with Crippen LogP contribution in [0.4, 0.5) is 5.69 Å². The molecule has 0 saturated carbocycles. The standard InChI is InChI=1S/C22H24ClN5O/c1-16-3-5-18(6-4-16)15-28-21(23)20(17(2)25-28)22(29)27-13-11-26(12-14-27)19-7-9-24-10-8-19/h3-10H,11-15H2,1-2H3. The molecule has 0 spiro atoms. The number of anilines is 1. The highest BCUT2D eigenvalue weighted by molar-refractivity contribution is 6.33. The van der Waals surface area contributed by atoms with Gasteiger partial charge in [-0.15, -0.1) is 0 Å².